The van der Waals surface area contributed by atoms with Crippen LogP contribution in [-0.4, -0.2) is 14.8 Å². The summed E-state index contributed by atoms with van der Waals surface area (Å²) in [7, 11) is 0. The highest BCUT2D eigenvalue weighted by Gasteiger charge is 2.31. The van der Waals surface area contributed by atoms with Crippen LogP contribution in [0.25, 0.3) is 0 Å². The zero-order valence-corrected chi connectivity index (χ0v) is 10.8. The largest absolute Gasteiger partial charge is 0.467 e. The van der Waals surface area contributed by atoms with Gasteiger partial charge in [0.2, 0.25) is 5.95 Å². The average Bonchev–Trinajstić information content (AvgIpc) is 3.18. The molecule has 4 rings (SSSR count). The maximum Gasteiger partial charge on any atom is 0.222 e. The second kappa shape index (κ2) is 4.52. The van der Waals surface area contributed by atoms with Crippen LogP contribution in [0.5, 0.6) is 0 Å². The summed E-state index contributed by atoms with van der Waals surface area (Å²) >= 11 is 0. The van der Waals surface area contributed by atoms with E-state index in [0.29, 0.717) is 0 Å². The first kappa shape index (κ1) is 11.3. The standard InChI is InChI=1S/C15H14N4O/c1-2-5-11(6-3-1)12-9-13(14-7-4-8-20-14)19-15(18-12)16-10-17-19/h1-8,10,12-13H,9H2,(H,16,17,18)/t12-,13-/m0/s1. The lowest BCUT2D eigenvalue weighted by Crippen LogP contribution is -2.27. The molecule has 1 aliphatic heterocycles. The van der Waals surface area contributed by atoms with E-state index >= 15 is 0 Å². The smallest absolute Gasteiger partial charge is 0.222 e. The summed E-state index contributed by atoms with van der Waals surface area (Å²) in [4.78, 5) is 4.29. The Kier molecular flexibility index (Phi) is 2.55. The number of furan rings is 1. The van der Waals surface area contributed by atoms with Gasteiger partial charge in [0.25, 0.3) is 0 Å². The average molecular weight is 266 g/mol. The molecule has 2 atom stereocenters. The van der Waals surface area contributed by atoms with Crippen molar-refractivity contribution in [1.82, 2.24) is 14.8 Å². The molecule has 1 aromatic carbocycles. The number of hydrogen-bond acceptors (Lipinski definition) is 4. The molecule has 3 aromatic rings. The number of anilines is 1. The van der Waals surface area contributed by atoms with E-state index in [1.807, 2.05) is 22.9 Å². The van der Waals surface area contributed by atoms with Gasteiger partial charge in [-0.2, -0.15) is 10.1 Å². The van der Waals surface area contributed by atoms with Crippen molar-refractivity contribution in [3.05, 3.63) is 66.4 Å². The van der Waals surface area contributed by atoms with E-state index in [0.717, 1.165) is 18.1 Å². The molecule has 0 bridgehead atoms. The van der Waals surface area contributed by atoms with Crippen molar-refractivity contribution in [3.8, 4) is 0 Å². The molecule has 1 N–H and O–H groups in total. The summed E-state index contributed by atoms with van der Waals surface area (Å²) in [5, 5.41) is 7.74. The molecule has 0 spiro atoms. The van der Waals surface area contributed by atoms with Gasteiger partial charge in [0, 0.05) is 6.42 Å². The summed E-state index contributed by atoms with van der Waals surface area (Å²) < 4.78 is 7.45. The highest BCUT2D eigenvalue weighted by molar-refractivity contribution is 5.36. The van der Waals surface area contributed by atoms with Crippen molar-refractivity contribution in [2.24, 2.45) is 0 Å². The van der Waals surface area contributed by atoms with Crippen molar-refractivity contribution >= 4 is 5.95 Å². The van der Waals surface area contributed by atoms with Crippen LogP contribution in [0.1, 0.15) is 29.8 Å². The topological polar surface area (TPSA) is 55.9 Å². The number of nitrogens with one attached hydrogen (secondary N) is 1. The molecule has 0 fully saturated rings. The van der Waals surface area contributed by atoms with Crippen molar-refractivity contribution < 1.29 is 4.42 Å². The van der Waals surface area contributed by atoms with Crippen LogP contribution in [0.2, 0.25) is 0 Å². The molecular weight excluding hydrogens is 252 g/mol. The summed E-state index contributed by atoms with van der Waals surface area (Å²) in [5.41, 5.74) is 1.25. The number of nitrogens with zero attached hydrogens (tertiary/aromatic N) is 3. The fourth-order valence-electron chi connectivity index (χ4n) is 2.74. The molecule has 0 radical (unpaired) electrons. The highest BCUT2D eigenvalue weighted by atomic mass is 16.3. The van der Waals surface area contributed by atoms with Crippen LogP contribution in [0.3, 0.4) is 0 Å². The van der Waals surface area contributed by atoms with Crippen LogP contribution in [0.15, 0.2) is 59.5 Å². The number of aromatic nitrogens is 3. The van der Waals surface area contributed by atoms with Gasteiger partial charge in [-0.1, -0.05) is 30.3 Å². The van der Waals surface area contributed by atoms with Crippen molar-refractivity contribution in [3.63, 3.8) is 0 Å². The lowest BCUT2D eigenvalue weighted by atomic mass is 9.96. The third-order valence-electron chi connectivity index (χ3n) is 3.70. The molecule has 5 nitrogen and oxygen atoms in total. The minimum atomic E-state index is 0.0777. The molecule has 0 unspecified atom stereocenters. The van der Waals surface area contributed by atoms with Gasteiger partial charge in [0.05, 0.1) is 12.3 Å². The van der Waals surface area contributed by atoms with Gasteiger partial charge in [-0.3, -0.25) is 0 Å². The van der Waals surface area contributed by atoms with Gasteiger partial charge in [-0.15, -0.1) is 0 Å². The normalized spacial score (nSPS) is 21.2. The maximum absolute atomic E-state index is 5.57. The highest BCUT2D eigenvalue weighted by Crippen LogP contribution is 2.37. The molecule has 0 saturated heterocycles. The number of benzene rings is 1. The molecular formula is C15H14N4O. The fourth-order valence-corrected chi connectivity index (χ4v) is 2.74. The lowest BCUT2D eigenvalue weighted by Gasteiger charge is -2.30. The third kappa shape index (κ3) is 1.79. The Bertz CT molecular complexity index is 690. The zero-order valence-electron chi connectivity index (χ0n) is 10.8. The second-order valence-electron chi connectivity index (χ2n) is 4.90. The lowest BCUT2D eigenvalue weighted by molar-refractivity contribution is 0.358. The van der Waals surface area contributed by atoms with Gasteiger partial charge in [0.15, 0.2) is 0 Å². The number of rotatable bonds is 2. The van der Waals surface area contributed by atoms with Gasteiger partial charge in [0.1, 0.15) is 18.1 Å². The van der Waals surface area contributed by atoms with Gasteiger partial charge in [-0.05, 0) is 17.7 Å². The molecule has 100 valence electrons. The van der Waals surface area contributed by atoms with Crippen molar-refractivity contribution in [2.45, 2.75) is 18.5 Å². The monoisotopic (exact) mass is 266 g/mol. The molecule has 5 heteroatoms. The van der Waals surface area contributed by atoms with E-state index in [9.17, 15) is 0 Å². The first-order valence-electron chi connectivity index (χ1n) is 6.66. The SMILES string of the molecule is c1ccc([C@@H]2C[C@@H](c3ccco3)n3ncnc3N2)cc1. The zero-order chi connectivity index (χ0) is 13.4. The van der Waals surface area contributed by atoms with Crippen LogP contribution >= 0.6 is 0 Å². The van der Waals surface area contributed by atoms with E-state index in [2.05, 4.69) is 39.7 Å². The maximum atomic E-state index is 5.57. The van der Waals surface area contributed by atoms with E-state index in [4.69, 9.17) is 4.42 Å². The second-order valence-corrected chi connectivity index (χ2v) is 4.90. The van der Waals surface area contributed by atoms with Gasteiger partial charge < -0.3 is 9.73 Å². The molecule has 2 aromatic heterocycles. The van der Waals surface area contributed by atoms with Crippen LogP contribution in [0, 0.1) is 0 Å². The predicted molar refractivity (Wildman–Crippen MR) is 74.3 cm³/mol. The van der Waals surface area contributed by atoms with E-state index in [-0.39, 0.29) is 12.1 Å². The Labute approximate surface area is 116 Å². The molecule has 3 heterocycles. The number of fused-ring (bicyclic) bond motifs is 1. The van der Waals surface area contributed by atoms with Gasteiger partial charge >= 0.3 is 0 Å². The summed E-state index contributed by atoms with van der Waals surface area (Å²) in [6.07, 6.45) is 4.16. The Morgan fingerprint density at radius 2 is 2.05 bits per heavy atom. The predicted octanol–water partition coefficient (Wildman–Crippen LogP) is 3.02. The Morgan fingerprint density at radius 1 is 1.15 bits per heavy atom. The first-order valence-corrected chi connectivity index (χ1v) is 6.66. The Morgan fingerprint density at radius 3 is 2.85 bits per heavy atom. The van der Waals surface area contributed by atoms with E-state index in [1.54, 1.807) is 12.6 Å². The molecule has 1 aliphatic rings. The van der Waals surface area contributed by atoms with Crippen molar-refractivity contribution in [1.29, 1.82) is 0 Å². The van der Waals surface area contributed by atoms with Crippen LogP contribution in [-0.2, 0) is 0 Å². The Hall–Kier alpha value is -2.56. The quantitative estimate of drug-likeness (QED) is 0.774. The van der Waals surface area contributed by atoms with Gasteiger partial charge in [-0.25, -0.2) is 4.68 Å². The van der Waals surface area contributed by atoms with Crippen LogP contribution in [0.4, 0.5) is 5.95 Å². The number of hydrogen-bond donors (Lipinski definition) is 1. The summed E-state index contributed by atoms with van der Waals surface area (Å²) in [6, 6.07) is 14.6. The Balaban J connectivity index is 1.74. The molecule has 0 amide bonds. The molecule has 20 heavy (non-hydrogen) atoms. The van der Waals surface area contributed by atoms with E-state index in [1.165, 1.54) is 5.56 Å². The fraction of sp³-hybridized carbons (Fsp3) is 0.200. The summed E-state index contributed by atoms with van der Waals surface area (Å²) in [5.74, 6) is 1.70. The molecule has 0 aliphatic carbocycles. The molecule has 0 saturated carbocycles. The minimum Gasteiger partial charge on any atom is -0.467 e. The summed E-state index contributed by atoms with van der Waals surface area (Å²) in [6.45, 7) is 0. The van der Waals surface area contributed by atoms with Crippen LogP contribution < -0.4 is 5.32 Å². The third-order valence-corrected chi connectivity index (χ3v) is 3.70. The van der Waals surface area contributed by atoms with Crippen molar-refractivity contribution in [2.75, 3.05) is 5.32 Å². The minimum absolute atomic E-state index is 0.0777. The van der Waals surface area contributed by atoms with E-state index < -0.39 is 0 Å². The first-order chi connectivity index (χ1) is 9.92.